The number of rotatable bonds is 14. The Bertz CT molecular complexity index is 704. The van der Waals surface area contributed by atoms with Gasteiger partial charge in [-0.15, -0.1) is 0 Å². The van der Waals surface area contributed by atoms with Crippen LogP contribution in [0.5, 0.6) is 0 Å². The standard InChI is InChI=1S/C15H32.C11H24.C10H21N.C9H18O.C4H10.C2H6/c1-8-12(4)10-14(6)15(7)13(5)9-11(2)3;1-6-11(7-2)8-10(5)9(3)4;1-8-5-9(2)7-10(6-8)11(3)4;1-6-4-7(2)9(10)8(3)5-6;1-3-4-2;1-2/h11-15H,8-10H2,1-7H3;9-11H,6-8H2,1-5H3;8-10H,5-7H2,1-4H3;6-10H,4-5H2,1-3H3;3-4H2,1-2H3;1-2H3/t12-,13-,14?,15+;;;;;/m0...../s1. The summed E-state index contributed by atoms with van der Waals surface area (Å²) in [5.41, 5.74) is 0. The second-order valence-electron chi connectivity index (χ2n) is 19.9. The van der Waals surface area contributed by atoms with E-state index in [0.29, 0.717) is 11.8 Å². The summed E-state index contributed by atoms with van der Waals surface area (Å²) >= 11 is 0. The smallest absolute Gasteiger partial charge is 0.0591 e. The Morgan fingerprint density at radius 2 is 0.925 bits per heavy atom. The quantitative estimate of drug-likeness (QED) is 0.191. The largest absolute Gasteiger partial charge is 0.393 e. The molecule has 2 nitrogen and oxygen atoms in total. The van der Waals surface area contributed by atoms with E-state index in [-0.39, 0.29) is 6.10 Å². The maximum atomic E-state index is 9.56. The molecule has 2 aliphatic carbocycles. The molecule has 2 fully saturated rings. The third-order valence-electron chi connectivity index (χ3n) is 13.2. The van der Waals surface area contributed by atoms with Crippen molar-refractivity contribution in [3.63, 3.8) is 0 Å². The molecule has 0 heterocycles. The second-order valence-corrected chi connectivity index (χ2v) is 19.9. The first-order valence-electron chi connectivity index (χ1n) is 24.0. The molecule has 0 aliphatic heterocycles. The Labute approximate surface area is 341 Å². The average Bonchev–Trinajstić information content (AvgIpc) is 3.09. The normalized spacial score (nSPS) is 26.8. The highest BCUT2D eigenvalue weighted by Crippen LogP contribution is 2.33. The SMILES string of the molecule is CC.CC1CC(C)C(O)C(C)C1.CC1CC(C)CC(N(C)C)C1.CCC(CC)CC(C)C(C)C.CCCC.CC[C@H](C)CC(C)[C@H](C)[C@@H](C)CC(C)C. The number of hydrogen-bond acceptors (Lipinski definition) is 2. The summed E-state index contributed by atoms with van der Waals surface area (Å²) in [6.45, 7) is 48.0. The Morgan fingerprint density at radius 3 is 1.25 bits per heavy atom. The molecule has 6 unspecified atom stereocenters. The first-order valence-corrected chi connectivity index (χ1v) is 24.0. The molecule has 0 amide bonds. The maximum absolute atomic E-state index is 9.56. The van der Waals surface area contributed by atoms with Gasteiger partial charge in [-0.3, -0.25) is 0 Å². The summed E-state index contributed by atoms with van der Waals surface area (Å²) in [6, 6.07) is 0.841. The number of aliphatic hydroxyl groups excluding tert-OH is 1. The molecule has 0 aromatic rings. The molecule has 0 radical (unpaired) electrons. The van der Waals surface area contributed by atoms with Crippen LogP contribution in [0.3, 0.4) is 0 Å². The van der Waals surface area contributed by atoms with Crippen LogP contribution in [0.1, 0.15) is 229 Å². The number of hydrogen-bond donors (Lipinski definition) is 1. The van der Waals surface area contributed by atoms with Gasteiger partial charge in [0.15, 0.2) is 0 Å². The van der Waals surface area contributed by atoms with E-state index in [2.05, 4.69) is 151 Å². The molecule has 0 aromatic carbocycles. The van der Waals surface area contributed by atoms with Crippen LogP contribution in [0.25, 0.3) is 0 Å². The first-order chi connectivity index (χ1) is 24.6. The van der Waals surface area contributed by atoms with Crippen molar-refractivity contribution >= 4 is 0 Å². The molecule has 0 bridgehead atoms. The van der Waals surface area contributed by atoms with Gasteiger partial charge in [0.1, 0.15) is 0 Å². The monoisotopic (exact) mass is 754 g/mol. The zero-order valence-corrected chi connectivity index (χ0v) is 41.7. The van der Waals surface area contributed by atoms with Crippen molar-refractivity contribution in [1.29, 1.82) is 0 Å². The molecule has 1 N–H and O–H groups in total. The Hall–Kier alpha value is -0.0800. The summed E-state index contributed by atoms with van der Waals surface area (Å²) in [5.74, 6) is 10.8. The van der Waals surface area contributed by atoms with E-state index in [4.69, 9.17) is 0 Å². The van der Waals surface area contributed by atoms with Gasteiger partial charge in [0.2, 0.25) is 0 Å². The van der Waals surface area contributed by atoms with Gasteiger partial charge in [0.25, 0.3) is 0 Å². The third-order valence-corrected chi connectivity index (χ3v) is 13.2. The van der Waals surface area contributed by atoms with Crippen LogP contribution in [-0.4, -0.2) is 36.2 Å². The number of nitrogens with zero attached hydrogens (tertiary/aromatic N) is 1. The molecule has 0 saturated heterocycles. The minimum Gasteiger partial charge on any atom is -0.393 e. The van der Waals surface area contributed by atoms with Gasteiger partial charge in [0.05, 0.1) is 6.10 Å². The van der Waals surface area contributed by atoms with Crippen LogP contribution in [0.15, 0.2) is 0 Å². The number of aliphatic hydroxyl groups is 1. The van der Waals surface area contributed by atoms with Gasteiger partial charge in [-0.2, -0.15) is 0 Å². The summed E-state index contributed by atoms with van der Waals surface area (Å²) in [5, 5.41) is 9.56. The lowest BCUT2D eigenvalue weighted by molar-refractivity contribution is 0.0150. The summed E-state index contributed by atoms with van der Waals surface area (Å²) in [6.07, 6.45) is 17.5. The summed E-state index contributed by atoms with van der Waals surface area (Å²) in [7, 11) is 4.41. The molecule has 2 aliphatic rings. The molecule has 2 saturated carbocycles. The fourth-order valence-electron chi connectivity index (χ4n) is 8.49. The summed E-state index contributed by atoms with van der Waals surface area (Å²) in [4.78, 5) is 2.38. The fourth-order valence-corrected chi connectivity index (χ4v) is 8.49. The van der Waals surface area contributed by atoms with Crippen LogP contribution < -0.4 is 0 Å². The van der Waals surface area contributed by atoms with Gasteiger partial charge in [0, 0.05) is 6.04 Å². The Kier molecular flexibility index (Phi) is 40.8. The zero-order valence-electron chi connectivity index (χ0n) is 41.7. The average molecular weight is 754 g/mol. The van der Waals surface area contributed by atoms with Gasteiger partial charge in [-0.05, 0) is 142 Å². The predicted octanol–water partition coefficient (Wildman–Crippen LogP) is 16.7. The lowest BCUT2D eigenvalue weighted by Crippen LogP contribution is -2.35. The molecule has 0 spiro atoms. The molecular formula is C51H111NO. The van der Waals surface area contributed by atoms with E-state index in [9.17, 15) is 5.11 Å². The molecule has 2 heteroatoms. The highest BCUT2D eigenvalue weighted by molar-refractivity contribution is 4.80. The maximum Gasteiger partial charge on any atom is 0.0591 e. The third kappa shape index (κ3) is 32.7. The van der Waals surface area contributed by atoms with E-state index in [0.717, 1.165) is 71.1 Å². The highest BCUT2D eigenvalue weighted by atomic mass is 16.3. The number of unbranched alkanes of at least 4 members (excludes halogenated alkanes) is 1. The molecule has 9 atom stereocenters. The van der Waals surface area contributed by atoms with Gasteiger partial charge in [-0.1, -0.05) is 178 Å². The van der Waals surface area contributed by atoms with E-state index < -0.39 is 0 Å². The topological polar surface area (TPSA) is 23.5 Å². The minimum absolute atomic E-state index is 0.0452. The fraction of sp³-hybridized carbons (Fsp3) is 1.00. The van der Waals surface area contributed by atoms with E-state index in [1.807, 2.05) is 13.8 Å². The zero-order chi connectivity index (χ0) is 42.4. The van der Waals surface area contributed by atoms with E-state index in [1.54, 1.807) is 0 Å². The Balaban J connectivity index is -0.000000290. The van der Waals surface area contributed by atoms with Gasteiger partial charge in [-0.25, -0.2) is 0 Å². The van der Waals surface area contributed by atoms with Crippen molar-refractivity contribution in [2.45, 2.75) is 241 Å². The highest BCUT2D eigenvalue weighted by Gasteiger charge is 2.29. The van der Waals surface area contributed by atoms with Crippen molar-refractivity contribution in [2.75, 3.05) is 14.1 Å². The van der Waals surface area contributed by atoms with Gasteiger partial charge < -0.3 is 10.0 Å². The lowest BCUT2D eigenvalue weighted by Gasteiger charge is -2.35. The molecular weight excluding hydrogens is 643 g/mol. The van der Waals surface area contributed by atoms with Crippen molar-refractivity contribution in [3.8, 4) is 0 Å². The van der Waals surface area contributed by atoms with Crippen LogP contribution in [0.2, 0.25) is 0 Å². The van der Waals surface area contributed by atoms with Crippen molar-refractivity contribution < 1.29 is 5.11 Å². The molecule has 53 heavy (non-hydrogen) atoms. The van der Waals surface area contributed by atoms with Crippen molar-refractivity contribution in [1.82, 2.24) is 4.90 Å². The van der Waals surface area contributed by atoms with Crippen molar-refractivity contribution in [2.24, 2.45) is 76.9 Å². The van der Waals surface area contributed by atoms with E-state index in [1.165, 1.54) is 83.5 Å². The first kappa shape index (κ1) is 59.6. The van der Waals surface area contributed by atoms with E-state index >= 15 is 0 Å². The van der Waals surface area contributed by atoms with Crippen LogP contribution in [0.4, 0.5) is 0 Å². The van der Waals surface area contributed by atoms with Crippen LogP contribution in [0, 0.1) is 76.9 Å². The summed E-state index contributed by atoms with van der Waals surface area (Å²) < 4.78 is 0. The second kappa shape index (κ2) is 36.3. The minimum atomic E-state index is -0.0452. The Morgan fingerprint density at radius 1 is 0.528 bits per heavy atom. The molecule has 326 valence electrons. The molecule has 2 rings (SSSR count). The lowest BCUT2D eigenvalue weighted by atomic mass is 9.75. The van der Waals surface area contributed by atoms with Crippen LogP contribution >= 0.6 is 0 Å². The van der Waals surface area contributed by atoms with Gasteiger partial charge >= 0.3 is 0 Å². The van der Waals surface area contributed by atoms with Crippen LogP contribution in [-0.2, 0) is 0 Å². The predicted molar refractivity (Wildman–Crippen MR) is 248 cm³/mol. The van der Waals surface area contributed by atoms with Crippen molar-refractivity contribution in [3.05, 3.63) is 0 Å². The molecule has 0 aromatic heterocycles.